The minimum absolute atomic E-state index is 0.153. The molecule has 0 radical (unpaired) electrons. The molecular formula is C11H20O3. The lowest BCUT2D eigenvalue weighted by molar-refractivity contribution is -0.00735. The summed E-state index contributed by atoms with van der Waals surface area (Å²) in [5.74, 6) is 0.943. The van der Waals surface area contributed by atoms with Gasteiger partial charge in [0.25, 0.3) is 0 Å². The predicted octanol–water partition coefficient (Wildman–Crippen LogP) is 1.08. The van der Waals surface area contributed by atoms with Crippen LogP contribution in [0.25, 0.3) is 0 Å². The highest BCUT2D eigenvalue weighted by atomic mass is 16.5. The molecule has 0 spiro atoms. The van der Waals surface area contributed by atoms with Crippen molar-refractivity contribution in [3.63, 3.8) is 0 Å². The fourth-order valence-corrected chi connectivity index (χ4v) is 2.10. The molecule has 0 saturated carbocycles. The van der Waals surface area contributed by atoms with Crippen LogP contribution in [0.2, 0.25) is 0 Å². The Morgan fingerprint density at radius 1 is 1.07 bits per heavy atom. The van der Waals surface area contributed by atoms with Gasteiger partial charge < -0.3 is 14.6 Å². The number of hydrogen-bond acceptors (Lipinski definition) is 3. The van der Waals surface area contributed by atoms with Gasteiger partial charge in [0.05, 0.1) is 19.3 Å². The second kappa shape index (κ2) is 5.49. The standard InChI is InChI=1S/C11H20O3/c1-8-4-5-11(12)10(7-14-3)9(8)6-13-2/h4-5,8-12H,6-7H2,1-3H3/t8-,9+,10+,11-/m1/s1. The van der Waals surface area contributed by atoms with Crippen molar-refractivity contribution in [2.24, 2.45) is 17.8 Å². The van der Waals surface area contributed by atoms with Crippen molar-refractivity contribution in [1.82, 2.24) is 0 Å². The molecule has 1 aliphatic rings. The lowest BCUT2D eigenvalue weighted by Crippen LogP contribution is -2.38. The van der Waals surface area contributed by atoms with E-state index in [-0.39, 0.29) is 5.92 Å². The molecule has 3 heteroatoms. The van der Waals surface area contributed by atoms with Gasteiger partial charge in [-0.25, -0.2) is 0 Å². The molecule has 0 amide bonds. The lowest BCUT2D eigenvalue weighted by Gasteiger charge is -2.35. The van der Waals surface area contributed by atoms with Gasteiger partial charge in [-0.3, -0.25) is 0 Å². The van der Waals surface area contributed by atoms with Gasteiger partial charge in [0.15, 0.2) is 0 Å². The SMILES string of the molecule is COC[C@@H]1[C@H](COC)[C@H](O)C=C[C@H]1C. The number of aliphatic hydroxyl groups is 1. The Bertz CT molecular complexity index is 171. The third-order valence-corrected chi connectivity index (χ3v) is 2.99. The molecule has 3 nitrogen and oxygen atoms in total. The van der Waals surface area contributed by atoms with E-state index in [0.29, 0.717) is 25.0 Å². The third kappa shape index (κ3) is 2.56. The quantitative estimate of drug-likeness (QED) is 0.690. The van der Waals surface area contributed by atoms with E-state index in [4.69, 9.17) is 9.47 Å². The van der Waals surface area contributed by atoms with Crippen molar-refractivity contribution in [3.05, 3.63) is 12.2 Å². The van der Waals surface area contributed by atoms with Gasteiger partial charge in [-0.1, -0.05) is 19.1 Å². The summed E-state index contributed by atoms with van der Waals surface area (Å²) in [4.78, 5) is 0. The first-order valence-corrected chi connectivity index (χ1v) is 5.05. The Balaban J connectivity index is 2.68. The Kier molecular flexibility index (Phi) is 4.58. The van der Waals surface area contributed by atoms with Crippen molar-refractivity contribution in [3.8, 4) is 0 Å². The van der Waals surface area contributed by atoms with E-state index in [2.05, 4.69) is 13.0 Å². The molecule has 1 rings (SSSR count). The van der Waals surface area contributed by atoms with Gasteiger partial charge in [-0.15, -0.1) is 0 Å². The molecule has 1 aliphatic carbocycles. The van der Waals surface area contributed by atoms with Crippen molar-refractivity contribution in [1.29, 1.82) is 0 Å². The molecule has 4 atom stereocenters. The Morgan fingerprint density at radius 3 is 2.21 bits per heavy atom. The topological polar surface area (TPSA) is 38.7 Å². The fraction of sp³-hybridized carbons (Fsp3) is 0.818. The molecule has 82 valence electrons. The molecule has 0 aromatic carbocycles. The van der Waals surface area contributed by atoms with E-state index in [9.17, 15) is 5.11 Å². The molecule has 0 aromatic heterocycles. The Hall–Kier alpha value is -0.380. The number of aliphatic hydroxyl groups excluding tert-OH is 1. The summed E-state index contributed by atoms with van der Waals surface area (Å²) in [6.45, 7) is 3.41. The van der Waals surface area contributed by atoms with E-state index in [1.807, 2.05) is 6.08 Å². The van der Waals surface area contributed by atoms with Crippen LogP contribution < -0.4 is 0 Å². The Morgan fingerprint density at radius 2 is 1.64 bits per heavy atom. The van der Waals surface area contributed by atoms with Crippen LogP contribution in [0.4, 0.5) is 0 Å². The van der Waals surface area contributed by atoms with Gasteiger partial charge in [0, 0.05) is 20.1 Å². The van der Waals surface area contributed by atoms with Gasteiger partial charge in [-0.05, 0) is 11.8 Å². The van der Waals surface area contributed by atoms with E-state index >= 15 is 0 Å². The zero-order chi connectivity index (χ0) is 10.6. The maximum absolute atomic E-state index is 9.79. The van der Waals surface area contributed by atoms with E-state index in [1.54, 1.807) is 14.2 Å². The van der Waals surface area contributed by atoms with Crippen LogP contribution in [0.15, 0.2) is 12.2 Å². The van der Waals surface area contributed by atoms with Crippen LogP contribution in [0, 0.1) is 17.8 Å². The minimum Gasteiger partial charge on any atom is -0.389 e. The van der Waals surface area contributed by atoms with Crippen LogP contribution in [0.3, 0.4) is 0 Å². The summed E-state index contributed by atoms with van der Waals surface area (Å²) in [5.41, 5.74) is 0. The molecule has 0 bridgehead atoms. The highest BCUT2D eigenvalue weighted by molar-refractivity contribution is 5.04. The summed E-state index contributed by atoms with van der Waals surface area (Å²) in [7, 11) is 3.36. The molecule has 0 aliphatic heterocycles. The first-order chi connectivity index (χ1) is 6.70. The molecule has 14 heavy (non-hydrogen) atoms. The summed E-state index contributed by atoms with van der Waals surface area (Å²) in [6, 6.07) is 0. The van der Waals surface area contributed by atoms with E-state index < -0.39 is 6.10 Å². The summed E-state index contributed by atoms with van der Waals surface area (Å²) < 4.78 is 10.3. The van der Waals surface area contributed by atoms with Crippen LogP contribution in [0.1, 0.15) is 6.92 Å². The number of allylic oxidation sites excluding steroid dienone is 1. The number of ether oxygens (including phenoxy) is 2. The average molecular weight is 200 g/mol. The summed E-state index contributed by atoms with van der Waals surface area (Å²) >= 11 is 0. The van der Waals surface area contributed by atoms with Crippen LogP contribution in [-0.2, 0) is 9.47 Å². The van der Waals surface area contributed by atoms with Gasteiger partial charge >= 0.3 is 0 Å². The molecule has 0 aromatic rings. The highest BCUT2D eigenvalue weighted by Crippen LogP contribution is 2.30. The molecule has 0 unspecified atom stereocenters. The molecule has 1 N–H and O–H groups in total. The highest BCUT2D eigenvalue weighted by Gasteiger charge is 2.33. The summed E-state index contributed by atoms with van der Waals surface area (Å²) in [5, 5.41) is 9.79. The molecular weight excluding hydrogens is 180 g/mol. The van der Waals surface area contributed by atoms with Crippen molar-refractivity contribution in [2.45, 2.75) is 13.0 Å². The molecule has 0 saturated heterocycles. The number of hydrogen-bond donors (Lipinski definition) is 1. The summed E-state index contributed by atoms with van der Waals surface area (Å²) in [6.07, 6.45) is 3.52. The van der Waals surface area contributed by atoms with Crippen LogP contribution in [0.5, 0.6) is 0 Å². The first-order valence-electron chi connectivity index (χ1n) is 5.05. The average Bonchev–Trinajstić information content (AvgIpc) is 2.17. The van der Waals surface area contributed by atoms with E-state index in [0.717, 1.165) is 0 Å². The second-order valence-corrected chi connectivity index (χ2v) is 3.97. The van der Waals surface area contributed by atoms with Crippen LogP contribution in [-0.4, -0.2) is 38.6 Å². The lowest BCUT2D eigenvalue weighted by atomic mass is 9.76. The van der Waals surface area contributed by atoms with Gasteiger partial charge in [0.2, 0.25) is 0 Å². The third-order valence-electron chi connectivity index (χ3n) is 2.99. The largest absolute Gasteiger partial charge is 0.389 e. The monoisotopic (exact) mass is 200 g/mol. The van der Waals surface area contributed by atoms with Crippen molar-refractivity contribution in [2.75, 3.05) is 27.4 Å². The Labute approximate surface area is 85.7 Å². The predicted molar refractivity (Wildman–Crippen MR) is 55.0 cm³/mol. The molecule has 0 heterocycles. The number of methoxy groups -OCH3 is 2. The second-order valence-electron chi connectivity index (χ2n) is 3.97. The first kappa shape index (κ1) is 11.7. The molecule has 0 fully saturated rings. The maximum atomic E-state index is 9.79. The zero-order valence-corrected chi connectivity index (χ0v) is 9.14. The van der Waals surface area contributed by atoms with E-state index in [1.165, 1.54) is 0 Å². The van der Waals surface area contributed by atoms with Crippen molar-refractivity contribution < 1.29 is 14.6 Å². The van der Waals surface area contributed by atoms with Crippen LogP contribution >= 0.6 is 0 Å². The van der Waals surface area contributed by atoms with Crippen molar-refractivity contribution >= 4 is 0 Å². The zero-order valence-electron chi connectivity index (χ0n) is 9.14. The minimum atomic E-state index is -0.397. The fourth-order valence-electron chi connectivity index (χ4n) is 2.10. The van der Waals surface area contributed by atoms with Gasteiger partial charge in [-0.2, -0.15) is 0 Å². The smallest absolute Gasteiger partial charge is 0.0774 e. The normalized spacial score (nSPS) is 37.4. The number of rotatable bonds is 4. The maximum Gasteiger partial charge on any atom is 0.0774 e. The van der Waals surface area contributed by atoms with Gasteiger partial charge in [0.1, 0.15) is 0 Å².